The molecule has 5 aliphatic rings. The summed E-state index contributed by atoms with van der Waals surface area (Å²) in [6, 6.07) is 17.7. The van der Waals surface area contributed by atoms with Crippen molar-refractivity contribution in [2.75, 3.05) is 7.11 Å². The molecule has 7 nitrogen and oxygen atoms in total. The quantitative estimate of drug-likeness (QED) is 0.255. The van der Waals surface area contributed by atoms with Gasteiger partial charge in [0.2, 0.25) is 0 Å². The number of methoxy groups -OCH3 is 1. The van der Waals surface area contributed by atoms with Crippen molar-refractivity contribution in [1.29, 1.82) is 0 Å². The summed E-state index contributed by atoms with van der Waals surface area (Å²) in [5.41, 5.74) is 2.93. The Hall–Kier alpha value is -2.03. The molecule has 38 heavy (non-hydrogen) atoms. The van der Waals surface area contributed by atoms with Gasteiger partial charge in [-0.25, -0.2) is 9.45 Å². The van der Waals surface area contributed by atoms with Gasteiger partial charge < -0.3 is 9.26 Å². The number of phosphoric ester groups is 1. The van der Waals surface area contributed by atoms with Crippen LogP contribution in [0.4, 0.5) is 0 Å². The lowest BCUT2D eigenvalue weighted by molar-refractivity contribution is -0.645. The Labute approximate surface area is 225 Å². The van der Waals surface area contributed by atoms with Crippen LogP contribution in [-0.4, -0.2) is 22.5 Å². The van der Waals surface area contributed by atoms with E-state index in [-0.39, 0.29) is 5.75 Å². The van der Waals surface area contributed by atoms with Gasteiger partial charge in [-0.1, -0.05) is 35.9 Å². The van der Waals surface area contributed by atoms with E-state index in [2.05, 4.69) is 24.3 Å². The minimum absolute atomic E-state index is 0.0963. The number of rotatable bonds is 6. The van der Waals surface area contributed by atoms with Crippen molar-refractivity contribution in [3.63, 3.8) is 0 Å². The molecule has 1 aromatic heterocycles. The zero-order chi connectivity index (χ0) is 26.3. The zero-order valence-electron chi connectivity index (χ0n) is 21.3. The van der Waals surface area contributed by atoms with E-state index in [0.717, 1.165) is 52.8 Å². The number of hydrogen-bond acceptors (Lipinski definition) is 6. The monoisotopic (exact) mass is 554 g/mol. The van der Waals surface area contributed by atoms with E-state index in [9.17, 15) is 14.4 Å². The van der Waals surface area contributed by atoms with Crippen LogP contribution in [0.5, 0.6) is 5.75 Å². The third kappa shape index (κ3) is 3.69. The maximum absolute atomic E-state index is 12.0. The molecule has 1 spiro atoms. The van der Waals surface area contributed by atoms with E-state index in [4.69, 9.17) is 19.0 Å². The summed E-state index contributed by atoms with van der Waals surface area (Å²) < 4.78 is 23.5. The highest BCUT2D eigenvalue weighted by molar-refractivity contribution is 7.46. The topological polar surface area (TPSA) is 94.5 Å². The highest BCUT2D eigenvalue weighted by Crippen LogP contribution is 2.69. The lowest BCUT2D eigenvalue weighted by Gasteiger charge is -2.68. The SMILES string of the molecule is COC1(c2ccc(-c3ccc(-c4ccc(C)cc4)s3)c(OP(=O)(O)O)c2)OOC12C1CC3CC(C1)CC2C3. The minimum Gasteiger partial charge on any atom is -0.404 e. The van der Waals surface area contributed by atoms with Gasteiger partial charge in [-0.2, -0.15) is 4.89 Å². The van der Waals surface area contributed by atoms with E-state index < -0.39 is 19.2 Å². The maximum Gasteiger partial charge on any atom is 0.524 e. The predicted octanol–water partition coefficient (Wildman–Crippen LogP) is 6.82. The van der Waals surface area contributed by atoms with Gasteiger partial charge in [0.1, 0.15) is 5.75 Å². The molecule has 2 N–H and O–H groups in total. The van der Waals surface area contributed by atoms with Crippen LogP contribution < -0.4 is 4.52 Å². The number of benzene rings is 2. The Morgan fingerprint density at radius 1 is 0.895 bits per heavy atom. The summed E-state index contributed by atoms with van der Waals surface area (Å²) in [6.45, 7) is 2.05. The van der Waals surface area contributed by atoms with Crippen LogP contribution >= 0.6 is 19.2 Å². The summed E-state index contributed by atoms with van der Waals surface area (Å²) in [6.07, 6.45) is 5.71. The van der Waals surface area contributed by atoms with Crippen molar-refractivity contribution in [3.8, 4) is 26.6 Å². The smallest absolute Gasteiger partial charge is 0.404 e. The fourth-order valence-corrected chi connectivity index (χ4v) is 9.30. The molecule has 200 valence electrons. The number of thiophene rings is 1. The van der Waals surface area contributed by atoms with Gasteiger partial charge in [-0.05, 0) is 92.5 Å². The van der Waals surface area contributed by atoms with E-state index in [1.807, 2.05) is 31.2 Å². The molecular weight excluding hydrogens is 523 g/mol. The molecule has 0 radical (unpaired) electrons. The van der Waals surface area contributed by atoms with Crippen molar-refractivity contribution in [1.82, 2.24) is 0 Å². The minimum atomic E-state index is -4.83. The van der Waals surface area contributed by atoms with Gasteiger partial charge in [-0.3, -0.25) is 9.79 Å². The fraction of sp³-hybridized carbons (Fsp3) is 0.448. The van der Waals surface area contributed by atoms with Gasteiger partial charge in [0.15, 0.2) is 5.60 Å². The molecule has 5 fully saturated rings. The van der Waals surface area contributed by atoms with Crippen LogP contribution in [-0.2, 0) is 24.9 Å². The molecule has 2 aromatic carbocycles. The standard InChI is InChI=1S/C29H31O7PS/c1-17-3-5-20(6-4-17)26-9-10-27(38-26)24-8-7-21(16-25(24)34-37(30,31)32)29(33-2)28(35-36-29)22-12-18-11-19(14-22)15-23(28)13-18/h3-10,16,18-19,22-23H,11-15H2,1-2H3,(H2,30,31,32). The van der Waals surface area contributed by atoms with Gasteiger partial charge >= 0.3 is 7.82 Å². The van der Waals surface area contributed by atoms with E-state index in [1.54, 1.807) is 24.5 Å². The van der Waals surface area contributed by atoms with E-state index in [1.165, 1.54) is 12.0 Å². The summed E-state index contributed by atoms with van der Waals surface area (Å²) in [4.78, 5) is 33.4. The molecule has 2 heterocycles. The first-order valence-corrected chi connectivity index (χ1v) is 15.5. The molecule has 3 aromatic rings. The first kappa shape index (κ1) is 25.0. The van der Waals surface area contributed by atoms with Crippen molar-refractivity contribution in [3.05, 3.63) is 65.7 Å². The second kappa shape index (κ2) is 8.73. The molecule has 0 amide bonds. The van der Waals surface area contributed by atoms with Crippen LogP contribution in [0, 0.1) is 30.6 Å². The number of ether oxygens (including phenoxy) is 1. The Kier molecular flexibility index (Phi) is 5.74. The highest BCUT2D eigenvalue weighted by Gasteiger charge is 2.76. The van der Waals surface area contributed by atoms with Crippen LogP contribution in [0.2, 0.25) is 0 Å². The largest absolute Gasteiger partial charge is 0.524 e. The van der Waals surface area contributed by atoms with Crippen molar-refractivity contribution in [2.24, 2.45) is 23.7 Å². The molecule has 4 saturated carbocycles. The molecule has 8 rings (SSSR count). The predicted molar refractivity (Wildman–Crippen MR) is 143 cm³/mol. The molecule has 1 atom stereocenters. The van der Waals surface area contributed by atoms with Crippen molar-refractivity contribution < 1.29 is 33.4 Å². The van der Waals surface area contributed by atoms with E-state index >= 15 is 0 Å². The van der Waals surface area contributed by atoms with Gasteiger partial charge in [0.25, 0.3) is 5.79 Å². The lowest BCUT2D eigenvalue weighted by Crippen LogP contribution is -2.76. The third-order valence-corrected chi connectivity index (χ3v) is 10.8. The second-order valence-corrected chi connectivity index (χ2v) is 13.7. The van der Waals surface area contributed by atoms with Gasteiger partial charge in [0.05, 0.1) is 0 Å². The normalized spacial score (nSPS) is 33.5. The van der Waals surface area contributed by atoms with Crippen molar-refractivity contribution in [2.45, 2.75) is 50.4 Å². The number of aryl methyl sites for hydroxylation is 1. The average molecular weight is 555 g/mol. The Balaban J connectivity index is 1.29. The summed E-state index contributed by atoms with van der Waals surface area (Å²) in [7, 11) is -3.21. The maximum atomic E-state index is 12.0. The zero-order valence-corrected chi connectivity index (χ0v) is 23.0. The summed E-state index contributed by atoms with van der Waals surface area (Å²) in [5.74, 6) is 1.07. The lowest BCUT2D eigenvalue weighted by atomic mass is 9.47. The van der Waals surface area contributed by atoms with Crippen LogP contribution in [0.3, 0.4) is 0 Å². The molecule has 1 saturated heterocycles. The third-order valence-electron chi connectivity index (χ3n) is 9.24. The Morgan fingerprint density at radius 2 is 1.55 bits per heavy atom. The molecule has 1 unspecified atom stereocenters. The van der Waals surface area contributed by atoms with Crippen LogP contribution in [0.1, 0.15) is 43.2 Å². The molecular formula is C29H31O7PS. The molecule has 1 aliphatic heterocycles. The Bertz CT molecular complexity index is 1390. The molecule has 4 bridgehead atoms. The van der Waals surface area contributed by atoms with Crippen molar-refractivity contribution >= 4 is 19.2 Å². The molecule has 4 aliphatic carbocycles. The first-order chi connectivity index (χ1) is 18.2. The van der Waals surface area contributed by atoms with E-state index in [0.29, 0.717) is 23.0 Å². The first-order valence-electron chi connectivity index (χ1n) is 13.2. The average Bonchev–Trinajstić information content (AvgIpc) is 3.33. The highest BCUT2D eigenvalue weighted by atomic mass is 32.1. The number of hydrogen-bond donors (Lipinski definition) is 2. The second-order valence-electron chi connectivity index (χ2n) is 11.4. The van der Waals surface area contributed by atoms with Gasteiger partial charge in [0, 0.05) is 28.0 Å². The summed E-state index contributed by atoms with van der Waals surface area (Å²) >= 11 is 1.54. The molecule has 9 heteroatoms. The van der Waals surface area contributed by atoms with Gasteiger partial charge in [-0.15, -0.1) is 11.3 Å². The summed E-state index contributed by atoms with van der Waals surface area (Å²) in [5, 5.41) is 0. The van der Waals surface area contributed by atoms with Crippen LogP contribution in [0.25, 0.3) is 20.9 Å². The Morgan fingerprint density at radius 3 is 2.13 bits per heavy atom. The fourth-order valence-electron chi connectivity index (χ4n) is 7.85. The number of phosphoric acid groups is 1. The van der Waals surface area contributed by atoms with Crippen LogP contribution in [0.15, 0.2) is 54.6 Å².